The van der Waals surface area contributed by atoms with Crippen LogP contribution in [0.25, 0.3) is 11.4 Å². The zero-order chi connectivity index (χ0) is 18.4. The third kappa shape index (κ3) is 4.52. The number of aryl methyl sites for hydroxylation is 2. The van der Waals surface area contributed by atoms with Gasteiger partial charge in [-0.3, -0.25) is 9.89 Å². The highest BCUT2D eigenvalue weighted by Crippen LogP contribution is 2.21. The van der Waals surface area contributed by atoms with Gasteiger partial charge in [0, 0.05) is 11.3 Å². The van der Waals surface area contributed by atoms with Gasteiger partial charge in [0.25, 0.3) is 0 Å². The van der Waals surface area contributed by atoms with Crippen molar-refractivity contribution in [2.45, 2.75) is 31.8 Å². The summed E-state index contributed by atoms with van der Waals surface area (Å²) in [5.74, 6) is 0.922. The van der Waals surface area contributed by atoms with Crippen LogP contribution in [0.5, 0.6) is 0 Å². The average Bonchev–Trinajstić information content (AvgIpc) is 3.16. The van der Waals surface area contributed by atoms with E-state index in [-0.39, 0.29) is 11.7 Å². The Morgan fingerprint density at radius 3 is 2.58 bits per heavy atom. The summed E-state index contributed by atoms with van der Waals surface area (Å²) in [6, 6.07) is 16.1. The third-order valence-electron chi connectivity index (χ3n) is 4.11. The fourth-order valence-electron chi connectivity index (χ4n) is 2.61. The number of nitrogens with zero attached hydrogens (tertiary/aromatic N) is 2. The summed E-state index contributed by atoms with van der Waals surface area (Å²) in [6.45, 7) is 4.20. The number of carbonyl (C=O) groups is 1. The van der Waals surface area contributed by atoms with Crippen molar-refractivity contribution in [3.63, 3.8) is 0 Å². The molecule has 1 aromatic heterocycles. The van der Waals surface area contributed by atoms with E-state index in [1.807, 2.05) is 36.4 Å². The van der Waals surface area contributed by atoms with E-state index >= 15 is 0 Å². The van der Waals surface area contributed by atoms with Crippen LogP contribution < -0.4 is 5.32 Å². The van der Waals surface area contributed by atoms with Crippen molar-refractivity contribution in [3.8, 4) is 11.4 Å². The summed E-state index contributed by atoms with van der Waals surface area (Å²) >= 11 is 1.32. The molecule has 0 atom stereocenters. The van der Waals surface area contributed by atoms with Gasteiger partial charge in [-0.25, -0.2) is 4.98 Å². The van der Waals surface area contributed by atoms with Crippen LogP contribution in [-0.4, -0.2) is 26.8 Å². The van der Waals surface area contributed by atoms with Gasteiger partial charge < -0.3 is 5.32 Å². The third-order valence-corrected chi connectivity index (χ3v) is 4.95. The van der Waals surface area contributed by atoms with Crippen molar-refractivity contribution < 1.29 is 4.79 Å². The second-order valence-corrected chi connectivity index (χ2v) is 6.81. The quantitative estimate of drug-likeness (QED) is 0.611. The Morgan fingerprint density at radius 2 is 1.85 bits per heavy atom. The van der Waals surface area contributed by atoms with E-state index in [0.29, 0.717) is 11.0 Å². The van der Waals surface area contributed by atoms with Gasteiger partial charge in [-0.15, -0.1) is 5.10 Å². The molecule has 6 heteroatoms. The maximum absolute atomic E-state index is 12.2. The van der Waals surface area contributed by atoms with E-state index in [2.05, 4.69) is 46.5 Å². The molecule has 134 valence electrons. The fraction of sp³-hybridized carbons (Fsp3) is 0.250. The summed E-state index contributed by atoms with van der Waals surface area (Å²) in [7, 11) is 0. The van der Waals surface area contributed by atoms with Crippen molar-refractivity contribution in [1.29, 1.82) is 0 Å². The van der Waals surface area contributed by atoms with Gasteiger partial charge in [-0.1, -0.05) is 68.1 Å². The van der Waals surface area contributed by atoms with E-state index in [4.69, 9.17) is 0 Å². The van der Waals surface area contributed by atoms with Crippen molar-refractivity contribution in [2.75, 3.05) is 11.1 Å². The Labute approximate surface area is 157 Å². The molecule has 26 heavy (non-hydrogen) atoms. The molecule has 0 radical (unpaired) electrons. The molecule has 3 rings (SSSR count). The molecule has 2 N–H and O–H groups in total. The highest BCUT2D eigenvalue weighted by Gasteiger charge is 2.10. The number of hydrogen-bond donors (Lipinski definition) is 2. The topological polar surface area (TPSA) is 70.7 Å². The Balaban J connectivity index is 1.58. The molecule has 0 aliphatic heterocycles. The molecule has 0 aliphatic carbocycles. The number of anilines is 1. The second kappa shape index (κ2) is 8.67. The Hall–Kier alpha value is -2.60. The summed E-state index contributed by atoms with van der Waals surface area (Å²) in [5.41, 5.74) is 4.27. The highest BCUT2D eigenvalue weighted by molar-refractivity contribution is 7.99. The van der Waals surface area contributed by atoms with Crippen LogP contribution in [0.3, 0.4) is 0 Å². The number of carbonyl (C=O) groups excluding carboxylic acids is 1. The monoisotopic (exact) mass is 366 g/mol. The fourth-order valence-corrected chi connectivity index (χ4v) is 3.20. The minimum Gasteiger partial charge on any atom is -0.325 e. The molecule has 0 saturated carbocycles. The zero-order valence-corrected chi connectivity index (χ0v) is 15.8. The lowest BCUT2D eigenvalue weighted by Gasteiger charge is -2.08. The minimum atomic E-state index is -0.0606. The van der Waals surface area contributed by atoms with E-state index in [0.717, 1.165) is 29.7 Å². The van der Waals surface area contributed by atoms with Crippen LogP contribution >= 0.6 is 11.8 Å². The Morgan fingerprint density at radius 1 is 1.08 bits per heavy atom. The zero-order valence-electron chi connectivity index (χ0n) is 15.0. The van der Waals surface area contributed by atoms with Gasteiger partial charge in [-0.2, -0.15) is 0 Å². The van der Waals surface area contributed by atoms with Crippen molar-refractivity contribution in [2.24, 2.45) is 0 Å². The SMILES string of the molecule is CCc1ccc(-c2nc(SCC(=O)Nc3ccccc3CC)n[nH]2)cc1. The van der Waals surface area contributed by atoms with Gasteiger partial charge in [-0.05, 0) is 30.0 Å². The summed E-state index contributed by atoms with van der Waals surface area (Å²) in [4.78, 5) is 16.7. The maximum atomic E-state index is 12.2. The molecule has 0 saturated heterocycles. The van der Waals surface area contributed by atoms with Crippen LogP contribution in [0, 0.1) is 0 Å². The van der Waals surface area contributed by atoms with Gasteiger partial charge >= 0.3 is 0 Å². The lowest BCUT2D eigenvalue weighted by Crippen LogP contribution is -2.15. The molecule has 0 fully saturated rings. The van der Waals surface area contributed by atoms with Crippen LogP contribution in [0.1, 0.15) is 25.0 Å². The Kier molecular flexibility index (Phi) is 6.07. The average molecular weight is 366 g/mol. The number of aromatic amines is 1. The second-order valence-electron chi connectivity index (χ2n) is 5.86. The lowest BCUT2D eigenvalue weighted by atomic mass is 10.1. The molecule has 5 nitrogen and oxygen atoms in total. The molecule has 1 amide bonds. The number of nitrogens with one attached hydrogen (secondary N) is 2. The molecule has 0 unspecified atom stereocenters. The summed E-state index contributed by atoms with van der Waals surface area (Å²) < 4.78 is 0. The largest absolute Gasteiger partial charge is 0.325 e. The van der Waals surface area contributed by atoms with E-state index in [1.165, 1.54) is 17.3 Å². The summed E-state index contributed by atoms with van der Waals surface area (Å²) in [6.07, 6.45) is 1.89. The number of para-hydroxylation sites is 1. The number of aromatic nitrogens is 3. The molecule has 0 bridgehead atoms. The van der Waals surface area contributed by atoms with Crippen LogP contribution in [-0.2, 0) is 17.6 Å². The van der Waals surface area contributed by atoms with Crippen LogP contribution in [0.4, 0.5) is 5.69 Å². The van der Waals surface area contributed by atoms with E-state index in [1.54, 1.807) is 0 Å². The van der Waals surface area contributed by atoms with Gasteiger partial charge in [0.2, 0.25) is 11.1 Å². The smallest absolute Gasteiger partial charge is 0.234 e. The van der Waals surface area contributed by atoms with Crippen LogP contribution in [0.2, 0.25) is 0 Å². The first kappa shape index (κ1) is 18.2. The molecule has 0 aliphatic rings. The Bertz CT molecular complexity index is 874. The number of hydrogen-bond acceptors (Lipinski definition) is 4. The van der Waals surface area contributed by atoms with Crippen molar-refractivity contribution >= 4 is 23.4 Å². The summed E-state index contributed by atoms with van der Waals surface area (Å²) in [5, 5.41) is 10.7. The van der Waals surface area contributed by atoms with E-state index in [9.17, 15) is 4.79 Å². The minimum absolute atomic E-state index is 0.0606. The van der Waals surface area contributed by atoms with Crippen molar-refractivity contribution in [1.82, 2.24) is 15.2 Å². The van der Waals surface area contributed by atoms with Gasteiger partial charge in [0.15, 0.2) is 5.82 Å². The predicted molar refractivity (Wildman–Crippen MR) is 106 cm³/mol. The molecule has 2 aromatic carbocycles. The van der Waals surface area contributed by atoms with E-state index < -0.39 is 0 Å². The lowest BCUT2D eigenvalue weighted by molar-refractivity contribution is -0.113. The highest BCUT2D eigenvalue weighted by atomic mass is 32.2. The van der Waals surface area contributed by atoms with Crippen LogP contribution in [0.15, 0.2) is 53.7 Å². The molecule has 0 spiro atoms. The number of benzene rings is 2. The van der Waals surface area contributed by atoms with Gasteiger partial charge in [0.05, 0.1) is 5.75 Å². The number of thioether (sulfide) groups is 1. The first-order valence-electron chi connectivity index (χ1n) is 8.71. The predicted octanol–water partition coefficient (Wildman–Crippen LogP) is 4.33. The molecule has 3 aromatic rings. The first-order chi connectivity index (χ1) is 12.7. The number of rotatable bonds is 7. The van der Waals surface area contributed by atoms with Gasteiger partial charge in [0.1, 0.15) is 0 Å². The normalized spacial score (nSPS) is 10.7. The molecule has 1 heterocycles. The molecular formula is C20H22N4OS. The standard InChI is InChI=1S/C20H22N4OS/c1-3-14-9-11-16(12-10-14)19-22-20(24-23-19)26-13-18(25)21-17-8-6-5-7-15(17)4-2/h5-12H,3-4,13H2,1-2H3,(H,21,25)(H,22,23,24). The molecular weight excluding hydrogens is 344 g/mol. The maximum Gasteiger partial charge on any atom is 0.234 e. The number of amides is 1. The first-order valence-corrected chi connectivity index (χ1v) is 9.70. The number of H-pyrrole nitrogens is 1. The van der Waals surface area contributed by atoms with Crippen molar-refractivity contribution in [3.05, 3.63) is 59.7 Å².